The van der Waals surface area contributed by atoms with E-state index in [2.05, 4.69) is 20.7 Å². The number of thiocarbonyl (C=S) groups is 1. The number of benzene rings is 1. The van der Waals surface area contributed by atoms with E-state index in [4.69, 9.17) is 28.4 Å². The van der Waals surface area contributed by atoms with Crippen molar-refractivity contribution >= 4 is 34.6 Å². The van der Waals surface area contributed by atoms with Crippen molar-refractivity contribution in [3.8, 4) is 0 Å². The molecule has 2 aromatic heterocycles. The highest BCUT2D eigenvalue weighted by molar-refractivity contribution is 7.80. The van der Waals surface area contributed by atoms with E-state index < -0.39 is 0 Å². The Hall–Kier alpha value is -2.45. The molecule has 1 N–H and O–H groups in total. The fourth-order valence-corrected chi connectivity index (χ4v) is 2.93. The number of aryl methyl sites for hydroxylation is 1. The first-order chi connectivity index (χ1) is 12.6. The van der Waals surface area contributed by atoms with Crippen molar-refractivity contribution in [1.29, 1.82) is 0 Å². The number of nitrogens with zero attached hydrogens (tertiary/aromatic N) is 5. The largest absolute Gasteiger partial charge is 0.343 e. The normalized spacial score (nSPS) is 10.7. The molecule has 26 heavy (non-hydrogen) atoms. The molecule has 2 heterocycles. The van der Waals surface area contributed by atoms with Crippen LogP contribution in [0.1, 0.15) is 23.9 Å². The predicted molar refractivity (Wildman–Crippen MR) is 104 cm³/mol. The number of aromatic nitrogens is 4. The molecular weight excluding hydrogens is 372 g/mol. The first kappa shape index (κ1) is 18.3. The lowest BCUT2D eigenvalue weighted by Crippen LogP contribution is -2.34. The number of halogens is 1. The quantitative estimate of drug-likeness (QED) is 0.646. The third-order valence-electron chi connectivity index (χ3n) is 3.93. The molecule has 1 aromatic carbocycles. The Morgan fingerprint density at radius 2 is 2.15 bits per heavy atom. The van der Waals surface area contributed by atoms with Gasteiger partial charge in [-0.1, -0.05) is 40.1 Å². The second kappa shape index (κ2) is 8.29. The number of hydrogen-bond donors (Lipinski definition) is 1. The van der Waals surface area contributed by atoms with Gasteiger partial charge < -0.3 is 10.2 Å². The van der Waals surface area contributed by atoms with Crippen LogP contribution in [0.4, 0.5) is 5.69 Å². The number of hydrogen-bond acceptors (Lipinski definition) is 5. The predicted octanol–water partition coefficient (Wildman–Crippen LogP) is 3.50. The van der Waals surface area contributed by atoms with Crippen molar-refractivity contribution in [2.75, 3.05) is 11.9 Å². The van der Waals surface area contributed by atoms with Gasteiger partial charge in [0.1, 0.15) is 11.4 Å². The van der Waals surface area contributed by atoms with Crippen LogP contribution in [0.3, 0.4) is 0 Å². The Kier molecular flexibility index (Phi) is 5.85. The van der Waals surface area contributed by atoms with Gasteiger partial charge in [-0.05, 0) is 37.7 Å². The van der Waals surface area contributed by atoms with Gasteiger partial charge in [0, 0.05) is 17.8 Å². The van der Waals surface area contributed by atoms with Crippen LogP contribution < -0.4 is 5.32 Å². The van der Waals surface area contributed by atoms with Crippen molar-refractivity contribution in [2.24, 2.45) is 0 Å². The summed E-state index contributed by atoms with van der Waals surface area (Å²) in [7, 11) is 0. The van der Waals surface area contributed by atoms with Gasteiger partial charge in [-0.3, -0.25) is 4.68 Å². The fraction of sp³-hybridized carbons (Fsp3) is 0.294. The highest BCUT2D eigenvalue weighted by Crippen LogP contribution is 2.17. The van der Waals surface area contributed by atoms with Crippen molar-refractivity contribution in [2.45, 2.75) is 26.9 Å². The summed E-state index contributed by atoms with van der Waals surface area (Å²) >= 11 is 11.7. The van der Waals surface area contributed by atoms with Gasteiger partial charge in [-0.25, -0.2) is 4.63 Å². The first-order valence-electron chi connectivity index (χ1n) is 8.16. The number of rotatable bonds is 6. The van der Waals surface area contributed by atoms with Crippen LogP contribution in [-0.2, 0) is 13.1 Å². The molecule has 0 saturated heterocycles. The van der Waals surface area contributed by atoms with Crippen molar-refractivity contribution in [3.05, 3.63) is 58.6 Å². The minimum absolute atomic E-state index is 0.533. The molecule has 0 aliphatic carbocycles. The summed E-state index contributed by atoms with van der Waals surface area (Å²) in [6.45, 7) is 5.74. The summed E-state index contributed by atoms with van der Waals surface area (Å²) in [6, 6.07) is 7.72. The third-order valence-corrected chi connectivity index (χ3v) is 4.66. The maximum Gasteiger partial charge on any atom is 0.173 e. The summed E-state index contributed by atoms with van der Waals surface area (Å²) in [4.78, 5) is 1.98. The maximum atomic E-state index is 6.20. The van der Waals surface area contributed by atoms with Crippen LogP contribution >= 0.6 is 23.8 Å². The fourth-order valence-electron chi connectivity index (χ4n) is 2.42. The molecule has 0 unspecified atom stereocenters. The van der Waals surface area contributed by atoms with Gasteiger partial charge >= 0.3 is 0 Å². The Bertz CT molecular complexity index is 893. The highest BCUT2D eigenvalue weighted by Gasteiger charge is 2.14. The highest BCUT2D eigenvalue weighted by atomic mass is 35.5. The van der Waals surface area contributed by atoms with Gasteiger partial charge in [0.15, 0.2) is 5.11 Å². The summed E-state index contributed by atoms with van der Waals surface area (Å²) in [6.07, 6.45) is 3.63. The summed E-state index contributed by atoms with van der Waals surface area (Å²) in [5.74, 6) is 0. The van der Waals surface area contributed by atoms with E-state index in [1.54, 1.807) is 6.20 Å². The molecule has 136 valence electrons. The summed E-state index contributed by atoms with van der Waals surface area (Å²) in [5, 5.41) is 16.6. The van der Waals surface area contributed by atoms with Crippen LogP contribution in [0.2, 0.25) is 5.02 Å². The molecule has 9 heteroatoms. The second-order valence-corrected chi connectivity index (χ2v) is 6.55. The molecule has 3 aromatic rings. The Morgan fingerprint density at radius 1 is 1.35 bits per heavy atom. The Labute approximate surface area is 161 Å². The molecule has 0 radical (unpaired) electrons. The van der Waals surface area contributed by atoms with Crippen molar-refractivity contribution in [3.63, 3.8) is 0 Å². The van der Waals surface area contributed by atoms with Gasteiger partial charge in [-0.2, -0.15) is 5.10 Å². The summed E-state index contributed by atoms with van der Waals surface area (Å²) < 4.78 is 6.56. The van der Waals surface area contributed by atoms with E-state index in [-0.39, 0.29) is 0 Å². The van der Waals surface area contributed by atoms with E-state index >= 15 is 0 Å². The Balaban J connectivity index is 1.63. The first-order valence-corrected chi connectivity index (χ1v) is 8.95. The smallest absolute Gasteiger partial charge is 0.173 e. The van der Waals surface area contributed by atoms with E-state index in [1.165, 1.54) is 0 Å². The zero-order valence-electron chi connectivity index (χ0n) is 14.5. The van der Waals surface area contributed by atoms with Crippen molar-refractivity contribution < 1.29 is 4.63 Å². The lowest BCUT2D eigenvalue weighted by atomic mass is 10.2. The van der Waals surface area contributed by atoms with Crippen LogP contribution in [0.25, 0.3) is 0 Å². The molecule has 0 aliphatic rings. The SMILES string of the molecule is CCN(Cc1nonc1C)C(=S)Nc1cnn(Cc2ccccc2Cl)c1. The average molecular weight is 391 g/mol. The molecule has 3 rings (SSSR count). The van der Waals surface area contributed by atoms with Crippen LogP contribution in [0.5, 0.6) is 0 Å². The van der Waals surface area contributed by atoms with Crippen LogP contribution in [-0.4, -0.2) is 36.7 Å². The minimum atomic E-state index is 0.533. The number of nitrogens with one attached hydrogen (secondary N) is 1. The average Bonchev–Trinajstić information content (AvgIpc) is 3.23. The summed E-state index contributed by atoms with van der Waals surface area (Å²) in [5.41, 5.74) is 3.36. The molecule has 0 aliphatic heterocycles. The van der Waals surface area contributed by atoms with Crippen molar-refractivity contribution in [1.82, 2.24) is 25.0 Å². The minimum Gasteiger partial charge on any atom is -0.343 e. The van der Waals surface area contributed by atoms with E-state index in [9.17, 15) is 0 Å². The molecular formula is C17H19ClN6OS. The van der Waals surface area contributed by atoms with E-state index in [1.807, 2.05) is 53.9 Å². The van der Waals surface area contributed by atoms with Crippen LogP contribution in [0, 0.1) is 6.92 Å². The molecule has 0 saturated carbocycles. The standard InChI is InChI=1S/C17H19ClN6OS/c1-3-23(11-16-12(2)21-25-22-16)17(26)20-14-8-19-24(10-14)9-13-6-4-5-7-15(13)18/h4-8,10H,3,9,11H2,1-2H3,(H,20,26). The maximum absolute atomic E-state index is 6.20. The second-order valence-electron chi connectivity index (χ2n) is 5.76. The Morgan fingerprint density at radius 3 is 2.85 bits per heavy atom. The lowest BCUT2D eigenvalue weighted by molar-refractivity contribution is 0.296. The molecule has 0 fully saturated rings. The third kappa shape index (κ3) is 4.39. The van der Waals surface area contributed by atoms with E-state index in [0.717, 1.165) is 34.2 Å². The zero-order chi connectivity index (χ0) is 18.5. The van der Waals surface area contributed by atoms with Gasteiger partial charge in [0.05, 0.1) is 25.0 Å². The van der Waals surface area contributed by atoms with Gasteiger partial charge in [0.2, 0.25) is 0 Å². The zero-order valence-corrected chi connectivity index (χ0v) is 16.1. The monoisotopic (exact) mass is 390 g/mol. The number of anilines is 1. The molecule has 0 amide bonds. The topological polar surface area (TPSA) is 72.0 Å². The van der Waals surface area contributed by atoms with Crippen LogP contribution in [0.15, 0.2) is 41.3 Å². The molecule has 0 bridgehead atoms. The van der Waals surface area contributed by atoms with E-state index in [0.29, 0.717) is 18.2 Å². The van der Waals surface area contributed by atoms with Gasteiger partial charge in [-0.15, -0.1) is 0 Å². The van der Waals surface area contributed by atoms with Gasteiger partial charge in [0.25, 0.3) is 0 Å². The molecule has 0 atom stereocenters. The molecule has 7 nitrogen and oxygen atoms in total. The molecule has 0 spiro atoms. The lowest BCUT2D eigenvalue weighted by Gasteiger charge is -2.22.